The summed E-state index contributed by atoms with van der Waals surface area (Å²) >= 11 is 0. The zero-order valence-electron chi connectivity index (χ0n) is 31.0. The van der Waals surface area contributed by atoms with E-state index in [0.29, 0.717) is 59.5 Å². The standard InChI is InChI=1S/C42H58O8/c1-23-10-12-31-25(3)35(45-37-21-39(5)16-14-29(23)41(31,37)49-47-39)19-33(43)27-8-7-9-28(18-27)34(44)20-36-26(4)32-13-11-24(2)30-15-17-40(6)22-38(46-36)42(30,32)50-48-40/h7-9,18,23-26,29-32,35-38H,10-17,19-22H2,1-6H3/t23-,24-,25-,26-,29+,30+,31+,32+,35-,36-,37-,38-,39+,40+,41-,42-/m1/s1. The Kier molecular flexibility index (Phi) is 8.13. The molecule has 0 unspecified atom stereocenters. The van der Waals surface area contributed by atoms with Gasteiger partial charge in [-0.2, -0.15) is 0 Å². The highest BCUT2D eigenvalue weighted by Crippen LogP contribution is 2.63. The summed E-state index contributed by atoms with van der Waals surface area (Å²) in [4.78, 5) is 53.2. The minimum absolute atomic E-state index is 0.0294. The van der Waals surface area contributed by atoms with Gasteiger partial charge in [0.05, 0.1) is 24.4 Å². The highest BCUT2D eigenvalue weighted by Gasteiger charge is 2.69. The maximum atomic E-state index is 14.0. The van der Waals surface area contributed by atoms with Crippen molar-refractivity contribution in [1.82, 2.24) is 0 Å². The molecule has 50 heavy (non-hydrogen) atoms. The van der Waals surface area contributed by atoms with Crippen molar-refractivity contribution in [3.8, 4) is 0 Å². The van der Waals surface area contributed by atoms with Crippen molar-refractivity contribution in [2.24, 2.45) is 47.3 Å². The third-order valence-electron chi connectivity index (χ3n) is 15.9. The Morgan fingerprint density at radius 1 is 0.620 bits per heavy atom. The van der Waals surface area contributed by atoms with Gasteiger partial charge in [-0.15, -0.1) is 0 Å². The molecule has 274 valence electrons. The molecular weight excluding hydrogens is 632 g/mol. The summed E-state index contributed by atoms with van der Waals surface area (Å²) in [5.74, 6) is 2.89. The summed E-state index contributed by atoms with van der Waals surface area (Å²) in [6.07, 6.45) is 10.3. The second kappa shape index (κ2) is 11.9. The van der Waals surface area contributed by atoms with Gasteiger partial charge in [0.2, 0.25) is 0 Å². The minimum atomic E-state index is -0.430. The average molecular weight is 691 g/mol. The van der Waals surface area contributed by atoms with E-state index in [9.17, 15) is 9.59 Å². The van der Waals surface area contributed by atoms with E-state index in [0.717, 1.165) is 51.4 Å². The first-order valence-electron chi connectivity index (χ1n) is 20.1. The molecule has 8 nitrogen and oxygen atoms in total. The Bertz CT molecular complexity index is 1420. The quantitative estimate of drug-likeness (QED) is 0.218. The molecule has 6 aliphatic heterocycles. The smallest absolute Gasteiger partial charge is 0.165 e. The number of rotatable bonds is 6. The van der Waals surface area contributed by atoms with Crippen molar-refractivity contribution < 1.29 is 38.6 Å². The van der Waals surface area contributed by atoms with Gasteiger partial charge in [0, 0.05) is 36.8 Å². The fraction of sp³-hybridized carbons (Fsp3) is 0.810. The predicted octanol–water partition coefficient (Wildman–Crippen LogP) is 8.25. The summed E-state index contributed by atoms with van der Waals surface area (Å²) in [7, 11) is 0. The third-order valence-corrected chi connectivity index (χ3v) is 15.9. The number of fused-ring (bicyclic) bond motifs is 4. The summed E-state index contributed by atoms with van der Waals surface area (Å²) in [5, 5.41) is 0. The second-order valence-electron chi connectivity index (χ2n) is 18.8. The molecule has 6 heterocycles. The average Bonchev–Trinajstić information content (AvgIpc) is 3.47. The summed E-state index contributed by atoms with van der Waals surface area (Å²) in [5.41, 5.74) is -0.408. The zero-order valence-corrected chi connectivity index (χ0v) is 31.0. The highest BCUT2D eigenvalue weighted by atomic mass is 17.2. The third kappa shape index (κ3) is 4.97. The molecule has 10 fully saturated rings. The normalized spacial score (nSPS) is 52.0. The predicted molar refractivity (Wildman–Crippen MR) is 185 cm³/mol. The van der Waals surface area contributed by atoms with E-state index in [-0.39, 0.29) is 59.0 Å². The van der Waals surface area contributed by atoms with Gasteiger partial charge >= 0.3 is 0 Å². The van der Waals surface area contributed by atoms with Crippen LogP contribution in [0.5, 0.6) is 0 Å². The van der Waals surface area contributed by atoms with Crippen LogP contribution in [0.3, 0.4) is 0 Å². The molecule has 8 heteroatoms. The first-order chi connectivity index (χ1) is 23.9. The molecular formula is C42H58O8. The van der Waals surface area contributed by atoms with Crippen LogP contribution in [0.25, 0.3) is 0 Å². The molecule has 1 aromatic carbocycles. The Morgan fingerprint density at radius 2 is 1.06 bits per heavy atom. The maximum Gasteiger partial charge on any atom is 0.165 e. The number of hydrogen-bond acceptors (Lipinski definition) is 8. The molecule has 4 bridgehead atoms. The van der Waals surface area contributed by atoms with E-state index in [2.05, 4.69) is 41.5 Å². The highest BCUT2D eigenvalue weighted by molar-refractivity contribution is 6.01. The number of hydrogen-bond donors (Lipinski definition) is 0. The van der Waals surface area contributed by atoms with Crippen molar-refractivity contribution in [1.29, 1.82) is 0 Å². The van der Waals surface area contributed by atoms with Gasteiger partial charge < -0.3 is 9.47 Å². The van der Waals surface area contributed by atoms with Crippen LogP contribution in [-0.2, 0) is 29.0 Å². The van der Waals surface area contributed by atoms with E-state index in [1.54, 1.807) is 0 Å². The molecule has 0 amide bonds. The molecule has 0 radical (unpaired) electrons. The van der Waals surface area contributed by atoms with Crippen LogP contribution < -0.4 is 0 Å². The molecule has 6 saturated heterocycles. The van der Waals surface area contributed by atoms with E-state index in [4.69, 9.17) is 29.0 Å². The van der Waals surface area contributed by atoms with Crippen LogP contribution >= 0.6 is 0 Å². The fourth-order valence-corrected chi connectivity index (χ4v) is 13.0. The lowest BCUT2D eigenvalue weighted by Crippen LogP contribution is -2.69. The van der Waals surface area contributed by atoms with Gasteiger partial charge in [-0.3, -0.25) is 9.59 Å². The SMILES string of the molecule is C[C@H]1[C@@H](CC(=O)c2cccc(C(=O)C[C@H]3O[C@@H]4C[C@]5(C)CC[C@H]6[C@H](C)CC[C@@H]([C@H]3C)[C@@]46OO5)c2)O[C@@H]2C[C@]3(C)CC[C@H]4[C@H](C)CC[C@@H]1[C@@]24OO3. The number of ether oxygens (including phenoxy) is 2. The van der Waals surface area contributed by atoms with Crippen molar-refractivity contribution in [3.05, 3.63) is 35.4 Å². The number of benzene rings is 1. The van der Waals surface area contributed by atoms with Gasteiger partial charge in [0.25, 0.3) is 0 Å². The van der Waals surface area contributed by atoms with E-state index < -0.39 is 11.2 Å². The molecule has 10 aliphatic rings. The van der Waals surface area contributed by atoms with Crippen LogP contribution in [0.15, 0.2) is 24.3 Å². The van der Waals surface area contributed by atoms with Crippen molar-refractivity contribution in [3.63, 3.8) is 0 Å². The van der Waals surface area contributed by atoms with Gasteiger partial charge in [-0.25, -0.2) is 19.6 Å². The fourth-order valence-electron chi connectivity index (χ4n) is 13.0. The number of ketones is 2. The lowest BCUT2D eigenvalue weighted by Gasteiger charge is -2.61. The summed E-state index contributed by atoms with van der Waals surface area (Å²) in [6.45, 7) is 13.5. The van der Waals surface area contributed by atoms with Crippen LogP contribution in [0.4, 0.5) is 0 Å². The van der Waals surface area contributed by atoms with Gasteiger partial charge in [-0.1, -0.05) is 45.9 Å². The number of carbonyl (C=O) groups is 2. The number of Topliss-reactive ketones (excluding diaryl/α,β-unsaturated/α-hetero) is 2. The molecule has 1 aromatic rings. The molecule has 16 atom stereocenters. The topological polar surface area (TPSA) is 89.5 Å². The van der Waals surface area contributed by atoms with Crippen molar-refractivity contribution in [2.45, 2.75) is 165 Å². The van der Waals surface area contributed by atoms with Gasteiger partial charge in [-0.05, 0) is 119 Å². The molecule has 11 rings (SSSR count). The maximum absolute atomic E-state index is 14.0. The Labute approximate surface area is 297 Å². The van der Waals surface area contributed by atoms with E-state index >= 15 is 0 Å². The Balaban J connectivity index is 0.909. The van der Waals surface area contributed by atoms with Crippen LogP contribution in [0.2, 0.25) is 0 Å². The molecule has 4 saturated carbocycles. The molecule has 4 aliphatic carbocycles. The molecule has 0 aromatic heterocycles. The minimum Gasteiger partial charge on any atom is -0.371 e. The van der Waals surface area contributed by atoms with Crippen LogP contribution in [0, 0.1) is 47.3 Å². The molecule has 0 N–H and O–H groups in total. The van der Waals surface area contributed by atoms with E-state index in [1.165, 1.54) is 12.8 Å². The summed E-state index contributed by atoms with van der Waals surface area (Å²) in [6, 6.07) is 7.37. The first kappa shape index (κ1) is 34.1. The summed E-state index contributed by atoms with van der Waals surface area (Å²) < 4.78 is 13.9. The lowest BCUT2D eigenvalue weighted by molar-refractivity contribution is -0.487. The van der Waals surface area contributed by atoms with Crippen molar-refractivity contribution >= 4 is 11.6 Å². The first-order valence-corrected chi connectivity index (χ1v) is 20.1. The van der Waals surface area contributed by atoms with Crippen LogP contribution in [-0.4, -0.2) is 58.4 Å². The van der Waals surface area contributed by atoms with Gasteiger partial charge in [0.1, 0.15) is 22.4 Å². The second-order valence-corrected chi connectivity index (χ2v) is 18.8. The van der Waals surface area contributed by atoms with Crippen molar-refractivity contribution in [2.75, 3.05) is 0 Å². The van der Waals surface area contributed by atoms with Crippen LogP contribution in [0.1, 0.15) is 139 Å². The van der Waals surface area contributed by atoms with E-state index in [1.807, 2.05) is 24.3 Å². The van der Waals surface area contributed by atoms with Gasteiger partial charge in [0.15, 0.2) is 11.6 Å². The zero-order chi connectivity index (χ0) is 34.8. The Hall–Kier alpha value is -1.68. The monoisotopic (exact) mass is 690 g/mol. The Morgan fingerprint density at radius 3 is 1.50 bits per heavy atom. The number of carbonyl (C=O) groups excluding carboxylic acids is 2. The molecule has 2 spiro atoms. The largest absolute Gasteiger partial charge is 0.371 e. The lowest BCUT2D eigenvalue weighted by atomic mass is 9.55.